The number of piperidine rings is 1. The average molecular weight is 797 g/mol. The molecule has 0 aromatic heterocycles. The van der Waals surface area contributed by atoms with Crippen LogP contribution in [0.15, 0.2) is 29.3 Å². The van der Waals surface area contributed by atoms with Gasteiger partial charge in [-0.3, -0.25) is 48.7 Å². The molecule has 1 aliphatic heterocycles. The van der Waals surface area contributed by atoms with Gasteiger partial charge in [-0.2, -0.15) is 0 Å². The quantitative estimate of drug-likeness (QED) is 0.0258. The Morgan fingerprint density at radius 2 is 1.51 bits per heavy atom. The Hall–Kier alpha value is -5.53. The van der Waals surface area contributed by atoms with E-state index in [1.54, 1.807) is 18.7 Å². The number of hydrogen-bond acceptors (Lipinski definition) is 10. The molecule has 21 heteroatoms. The summed E-state index contributed by atoms with van der Waals surface area (Å²) in [5, 5.41) is 32.6. The molecule has 4 unspecified atom stereocenters. The molecule has 2 rings (SSSR count). The largest absolute Gasteiger partial charge is 0.481 e. The second-order valence-corrected chi connectivity index (χ2v) is 12.9. The van der Waals surface area contributed by atoms with E-state index in [2.05, 4.69) is 31.6 Å². The van der Waals surface area contributed by atoms with Crippen LogP contribution >= 0.6 is 12.4 Å². The Labute approximate surface area is 324 Å². The summed E-state index contributed by atoms with van der Waals surface area (Å²) in [5.41, 5.74) is 10.8. The number of carboxylic acid groups (broad SMARTS) is 1. The van der Waals surface area contributed by atoms with Crippen LogP contribution in [0.3, 0.4) is 0 Å². The van der Waals surface area contributed by atoms with Gasteiger partial charge in [-0.15, -0.1) is 12.4 Å². The van der Waals surface area contributed by atoms with Crippen LogP contribution in [0.2, 0.25) is 0 Å². The van der Waals surface area contributed by atoms with Crippen LogP contribution in [0.25, 0.3) is 0 Å². The molecule has 0 spiro atoms. The first-order valence-electron chi connectivity index (χ1n) is 17.9. The summed E-state index contributed by atoms with van der Waals surface area (Å²) >= 11 is 0. The molecule has 0 saturated carbocycles. The van der Waals surface area contributed by atoms with Gasteiger partial charge in [0.05, 0.1) is 17.9 Å². The maximum Gasteiger partial charge on any atom is 0.303 e. The van der Waals surface area contributed by atoms with Crippen molar-refractivity contribution in [3.05, 3.63) is 34.4 Å². The van der Waals surface area contributed by atoms with Gasteiger partial charge in [-0.1, -0.05) is 20.3 Å². The molecular weight excluding hydrogens is 744 g/mol. The highest BCUT2D eigenvalue weighted by molar-refractivity contribution is 5.98. The summed E-state index contributed by atoms with van der Waals surface area (Å²) in [6.07, 6.45) is 2.46. The van der Waals surface area contributed by atoms with E-state index in [1.807, 2.05) is 0 Å². The van der Waals surface area contributed by atoms with E-state index in [1.165, 1.54) is 24.3 Å². The van der Waals surface area contributed by atoms with Gasteiger partial charge in [0.15, 0.2) is 5.96 Å². The van der Waals surface area contributed by atoms with Crippen molar-refractivity contribution in [1.82, 2.24) is 26.2 Å². The number of nitro benzene ring substituents is 1. The summed E-state index contributed by atoms with van der Waals surface area (Å²) < 4.78 is 0. The van der Waals surface area contributed by atoms with Gasteiger partial charge in [0.2, 0.25) is 35.4 Å². The van der Waals surface area contributed by atoms with Gasteiger partial charge in [-0.25, -0.2) is 0 Å². The Balaban J connectivity index is 0.0000151. The lowest BCUT2D eigenvalue weighted by Crippen LogP contribution is -2.56. The minimum Gasteiger partial charge on any atom is -0.481 e. The number of carboxylic acids is 1. The second-order valence-electron chi connectivity index (χ2n) is 12.9. The normalized spacial score (nSPS) is 14.3. The zero-order chi connectivity index (χ0) is 40.2. The van der Waals surface area contributed by atoms with Gasteiger partial charge in [0.1, 0.15) is 18.1 Å². The number of nitrogens with zero attached hydrogens (tertiary/aromatic N) is 3. The Kier molecular flexibility index (Phi) is 21.3. The minimum absolute atomic E-state index is 0. The first-order chi connectivity index (χ1) is 25.6. The molecule has 1 aromatic carbocycles. The Morgan fingerprint density at radius 3 is 2.09 bits per heavy atom. The fourth-order valence-electron chi connectivity index (χ4n) is 5.47. The number of likely N-dealkylation sites (tertiary alicyclic amines) is 1. The van der Waals surface area contributed by atoms with Gasteiger partial charge >= 0.3 is 5.97 Å². The highest BCUT2D eigenvalue weighted by atomic mass is 35.5. The van der Waals surface area contributed by atoms with Crippen molar-refractivity contribution in [2.45, 2.75) is 96.2 Å². The number of aliphatic imine (C=N–C) groups is 1. The van der Waals surface area contributed by atoms with Gasteiger partial charge in [0.25, 0.3) is 5.69 Å². The third kappa shape index (κ3) is 17.9. The van der Waals surface area contributed by atoms with E-state index < -0.39 is 77.4 Å². The van der Waals surface area contributed by atoms with Crippen LogP contribution in [0.1, 0.15) is 78.1 Å². The molecule has 10 N–H and O–H groups in total. The summed E-state index contributed by atoms with van der Waals surface area (Å²) in [4.78, 5) is 106. The van der Waals surface area contributed by atoms with Crippen molar-refractivity contribution in [2.75, 3.05) is 31.5 Å². The van der Waals surface area contributed by atoms with Crippen molar-refractivity contribution in [1.29, 1.82) is 0 Å². The molecular formula is C34H53ClN10O10. The molecule has 6 amide bonds. The predicted molar refractivity (Wildman–Crippen MR) is 204 cm³/mol. The summed E-state index contributed by atoms with van der Waals surface area (Å²) in [7, 11) is 0. The average Bonchev–Trinajstić information content (AvgIpc) is 3.14. The Morgan fingerprint density at radius 1 is 0.873 bits per heavy atom. The third-order valence-electron chi connectivity index (χ3n) is 8.73. The summed E-state index contributed by atoms with van der Waals surface area (Å²) in [5.74, 6) is -5.59. The highest BCUT2D eigenvalue weighted by Gasteiger charge is 2.31. The lowest BCUT2D eigenvalue weighted by Gasteiger charge is -2.28. The summed E-state index contributed by atoms with van der Waals surface area (Å²) in [6.45, 7) is 4.16. The number of nitrogens with two attached hydrogens (primary N) is 2. The lowest BCUT2D eigenvalue weighted by atomic mass is 9.97. The number of anilines is 1. The third-order valence-corrected chi connectivity index (χ3v) is 8.73. The van der Waals surface area contributed by atoms with Crippen molar-refractivity contribution in [3.63, 3.8) is 0 Å². The number of aliphatic carboxylic acids is 1. The molecule has 1 heterocycles. The number of rotatable bonds is 22. The van der Waals surface area contributed by atoms with E-state index in [0.717, 1.165) is 19.3 Å². The van der Waals surface area contributed by atoms with Crippen LogP contribution in [-0.2, 0) is 33.6 Å². The maximum atomic E-state index is 13.5. The van der Waals surface area contributed by atoms with E-state index in [4.69, 9.17) is 16.6 Å². The number of hydrogen-bond donors (Lipinski definition) is 8. The topological polar surface area (TPSA) is 311 Å². The molecule has 0 radical (unpaired) electrons. The van der Waals surface area contributed by atoms with E-state index in [-0.39, 0.29) is 74.3 Å². The highest BCUT2D eigenvalue weighted by Crippen LogP contribution is 2.17. The fraction of sp³-hybridized carbons (Fsp3) is 0.588. The second kappa shape index (κ2) is 24.7. The van der Waals surface area contributed by atoms with Crippen LogP contribution < -0.4 is 38.1 Å². The van der Waals surface area contributed by atoms with Crippen LogP contribution in [0, 0.1) is 16.0 Å². The monoisotopic (exact) mass is 796 g/mol. The molecule has 1 saturated heterocycles. The SMILES string of the molecule is CCC(C)C(NC(=O)CCC(=O)O)C(=O)NC(CCC(=O)N1CCCCC1)C(=O)NCC(=O)NC(CCCN=C(N)N)C(=O)Nc1ccc([N+](=O)[O-])cc1.Cl. The van der Waals surface area contributed by atoms with Gasteiger partial charge < -0.3 is 48.1 Å². The molecule has 1 aromatic rings. The maximum absolute atomic E-state index is 13.5. The molecule has 1 aliphatic rings. The van der Waals surface area contributed by atoms with E-state index in [9.17, 15) is 43.7 Å². The number of carbonyl (C=O) groups is 7. The smallest absolute Gasteiger partial charge is 0.303 e. The van der Waals surface area contributed by atoms with Crippen LogP contribution in [-0.4, -0.2) is 107 Å². The molecule has 55 heavy (non-hydrogen) atoms. The van der Waals surface area contributed by atoms with Crippen LogP contribution in [0.5, 0.6) is 0 Å². The number of nitro groups is 1. The standard InChI is InChI=1S/C34H52N10O10.ClH/c1-3-21(2)30(42-26(45)14-16-29(48)49)33(52)41-25(13-15-28(47)43-18-5-4-6-19-43)31(50)38-20-27(46)40-24(8-7-17-37-34(35)36)32(51)39-22-9-11-23(12-10-22)44(53)54;/h9-12,21,24-25,30H,3-8,13-20H2,1-2H3,(H,38,50)(H,39,51)(H,40,46)(H,41,52)(H,42,45)(H,48,49)(H4,35,36,37);1H. The number of amides is 6. The van der Waals surface area contributed by atoms with E-state index >= 15 is 0 Å². The number of carbonyl (C=O) groups excluding carboxylic acids is 6. The number of non-ortho nitro benzene ring substituents is 1. The number of halogens is 1. The number of benzene rings is 1. The minimum atomic E-state index is -1.30. The Bertz CT molecular complexity index is 1520. The van der Waals surface area contributed by atoms with Gasteiger partial charge in [-0.05, 0) is 56.6 Å². The van der Waals surface area contributed by atoms with Crippen molar-refractivity contribution in [2.24, 2.45) is 22.4 Å². The fourth-order valence-corrected chi connectivity index (χ4v) is 5.47. The molecule has 4 atom stereocenters. The van der Waals surface area contributed by atoms with E-state index in [0.29, 0.717) is 19.5 Å². The van der Waals surface area contributed by atoms with Crippen LogP contribution in [0.4, 0.5) is 11.4 Å². The van der Waals surface area contributed by atoms with Crippen molar-refractivity contribution < 1.29 is 43.6 Å². The van der Waals surface area contributed by atoms with Crippen molar-refractivity contribution in [3.8, 4) is 0 Å². The molecule has 0 aliphatic carbocycles. The van der Waals surface area contributed by atoms with Gasteiger partial charge in [0, 0.05) is 50.3 Å². The molecule has 306 valence electrons. The number of guanidine groups is 1. The number of nitrogens with one attached hydrogen (secondary N) is 5. The molecule has 1 fully saturated rings. The first-order valence-corrected chi connectivity index (χ1v) is 17.9. The molecule has 0 bridgehead atoms. The molecule has 20 nitrogen and oxygen atoms in total. The zero-order valence-electron chi connectivity index (χ0n) is 31.0. The predicted octanol–water partition coefficient (Wildman–Crippen LogP) is 0.283. The summed E-state index contributed by atoms with van der Waals surface area (Å²) in [6, 6.07) is 1.48. The lowest BCUT2D eigenvalue weighted by molar-refractivity contribution is -0.384. The van der Waals surface area contributed by atoms with Crippen molar-refractivity contribution >= 4 is 71.2 Å². The zero-order valence-corrected chi connectivity index (χ0v) is 31.9. The first kappa shape index (κ1) is 47.5.